The molecule has 1 heterocycles. The van der Waals surface area contributed by atoms with Crippen molar-refractivity contribution in [3.05, 3.63) is 35.4 Å². The molecule has 1 aromatic rings. The van der Waals surface area contributed by atoms with Gasteiger partial charge in [0.2, 0.25) is 5.91 Å². The lowest BCUT2D eigenvalue weighted by molar-refractivity contribution is -0.130. The van der Waals surface area contributed by atoms with Crippen molar-refractivity contribution in [1.82, 2.24) is 10.2 Å². The van der Waals surface area contributed by atoms with Gasteiger partial charge in [0.05, 0.1) is 0 Å². The molecular formula is C15H20N2OS. The quantitative estimate of drug-likeness (QED) is 0.916. The fourth-order valence-corrected chi connectivity index (χ4v) is 3.22. The number of aryl methyl sites for hydroxylation is 1. The standard InChI is InChI=1S/C15H20N2OS/c1-11-5-3-4-6-12(11)13-16-15(7-8-15)14(18)17(13)9-10-19-2/h3-6,13,16H,7-10H2,1-2H3. The molecule has 1 unspecified atom stereocenters. The summed E-state index contributed by atoms with van der Waals surface area (Å²) in [6, 6.07) is 8.35. The summed E-state index contributed by atoms with van der Waals surface area (Å²) in [5, 5.41) is 3.57. The molecule has 1 amide bonds. The van der Waals surface area contributed by atoms with Crippen LogP contribution < -0.4 is 5.32 Å². The molecule has 1 spiro atoms. The van der Waals surface area contributed by atoms with Crippen LogP contribution in [0.15, 0.2) is 24.3 Å². The Hall–Kier alpha value is -1.00. The van der Waals surface area contributed by atoms with Gasteiger partial charge in [-0.2, -0.15) is 11.8 Å². The molecule has 3 rings (SSSR count). The first-order valence-corrected chi connectivity index (χ1v) is 8.20. The Kier molecular flexibility index (Phi) is 3.31. The second-order valence-electron chi connectivity index (χ2n) is 5.48. The minimum Gasteiger partial charge on any atom is -0.320 e. The zero-order valence-corrected chi connectivity index (χ0v) is 12.3. The van der Waals surface area contributed by atoms with E-state index in [-0.39, 0.29) is 11.7 Å². The molecule has 1 aliphatic heterocycles. The van der Waals surface area contributed by atoms with Crippen molar-refractivity contribution in [2.75, 3.05) is 18.6 Å². The van der Waals surface area contributed by atoms with Crippen LogP contribution in [0.2, 0.25) is 0 Å². The Labute approximate surface area is 118 Å². The molecule has 1 atom stereocenters. The zero-order valence-electron chi connectivity index (χ0n) is 11.5. The first-order valence-electron chi connectivity index (χ1n) is 6.81. The third-order valence-electron chi connectivity index (χ3n) is 4.16. The molecule has 102 valence electrons. The first kappa shape index (κ1) is 13.0. The fourth-order valence-electron chi connectivity index (χ4n) is 2.84. The van der Waals surface area contributed by atoms with Crippen LogP contribution in [0.5, 0.6) is 0 Å². The van der Waals surface area contributed by atoms with Crippen molar-refractivity contribution in [2.24, 2.45) is 0 Å². The number of hydrogen-bond acceptors (Lipinski definition) is 3. The van der Waals surface area contributed by atoms with Gasteiger partial charge in [-0.05, 0) is 37.1 Å². The predicted molar refractivity (Wildman–Crippen MR) is 79.1 cm³/mol. The molecule has 19 heavy (non-hydrogen) atoms. The van der Waals surface area contributed by atoms with E-state index in [2.05, 4.69) is 42.8 Å². The van der Waals surface area contributed by atoms with E-state index in [0.29, 0.717) is 5.91 Å². The molecule has 1 saturated carbocycles. The summed E-state index contributed by atoms with van der Waals surface area (Å²) in [6.07, 6.45) is 4.13. The maximum atomic E-state index is 12.5. The number of rotatable bonds is 4. The fraction of sp³-hybridized carbons (Fsp3) is 0.533. The van der Waals surface area contributed by atoms with Crippen LogP contribution in [0, 0.1) is 6.92 Å². The summed E-state index contributed by atoms with van der Waals surface area (Å²) in [5.41, 5.74) is 2.26. The van der Waals surface area contributed by atoms with Crippen LogP contribution in [-0.2, 0) is 4.79 Å². The first-order chi connectivity index (χ1) is 9.18. The minimum atomic E-state index is -0.231. The molecule has 0 bridgehead atoms. The van der Waals surface area contributed by atoms with E-state index in [1.54, 1.807) is 11.8 Å². The van der Waals surface area contributed by atoms with Gasteiger partial charge < -0.3 is 4.90 Å². The molecule has 2 fully saturated rings. The highest BCUT2D eigenvalue weighted by Gasteiger charge is 2.59. The van der Waals surface area contributed by atoms with Crippen LogP contribution in [0.1, 0.15) is 30.1 Å². The van der Waals surface area contributed by atoms with E-state index < -0.39 is 0 Å². The van der Waals surface area contributed by atoms with Gasteiger partial charge in [0.25, 0.3) is 0 Å². The summed E-state index contributed by atoms with van der Waals surface area (Å²) in [6.45, 7) is 2.94. The van der Waals surface area contributed by atoms with E-state index in [9.17, 15) is 4.79 Å². The lowest BCUT2D eigenvalue weighted by atomic mass is 10.1. The van der Waals surface area contributed by atoms with E-state index >= 15 is 0 Å². The number of carbonyl (C=O) groups excluding carboxylic acids is 1. The summed E-state index contributed by atoms with van der Waals surface area (Å²) < 4.78 is 0. The number of thioether (sulfide) groups is 1. The highest BCUT2D eigenvalue weighted by molar-refractivity contribution is 7.98. The molecule has 0 radical (unpaired) electrons. The summed E-state index contributed by atoms with van der Waals surface area (Å²) in [7, 11) is 0. The average molecular weight is 276 g/mol. The van der Waals surface area contributed by atoms with Crippen molar-refractivity contribution in [1.29, 1.82) is 0 Å². The van der Waals surface area contributed by atoms with Crippen molar-refractivity contribution < 1.29 is 4.79 Å². The Balaban J connectivity index is 1.90. The lowest BCUT2D eigenvalue weighted by Crippen LogP contribution is -2.33. The van der Waals surface area contributed by atoms with Gasteiger partial charge in [0, 0.05) is 12.3 Å². The van der Waals surface area contributed by atoms with Gasteiger partial charge in [-0.25, -0.2) is 0 Å². The average Bonchev–Trinajstić information content (AvgIpc) is 3.13. The topological polar surface area (TPSA) is 32.3 Å². The predicted octanol–water partition coefficient (Wildman–Crippen LogP) is 2.32. The smallest absolute Gasteiger partial charge is 0.244 e. The molecular weight excluding hydrogens is 256 g/mol. The van der Waals surface area contributed by atoms with Crippen LogP contribution in [0.3, 0.4) is 0 Å². The van der Waals surface area contributed by atoms with E-state index in [1.807, 2.05) is 4.90 Å². The van der Waals surface area contributed by atoms with Crippen LogP contribution in [0.25, 0.3) is 0 Å². The summed E-state index contributed by atoms with van der Waals surface area (Å²) in [5.74, 6) is 1.29. The highest BCUT2D eigenvalue weighted by Crippen LogP contribution is 2.46. The van der Waals surface area contributed by atoms with E-state index in [0.717, 1.165) is 25.1 Å². The normalized spacial score (nSPS) is 24.2. The Morgan fingerprint density at radius 1 is 1.42 bits per heavy atom. The van der Waals surface area contributed by atoms with Crippen molar-refractivity contribution in [3.8, 4) is 0 Å². The largest absolute Gasteiger partial charge is 0.320 e. The number of nitrogens with zero attached hydrogens (tertiary/aromatic N) is 1. The molecule has 1 aromatic carbocycles. The van der Waals surface area contributed by atoms with Gasteiger partial charge in [-0.15, -0.1) is 0 Å². The van der Waals surface area contributed by atoms with Gasteiger partial charge >= 0.3 is 0 Å². The number of hydrogen-bond donors (Lipinski definition) is 1. The Morgan fingerprint density at radius 2 is 2.16 bits per heavy atom. The lowest BCUT2D eigenvalue weighted by Gasteiger charge is -2.25. The number of nitrogens with one attached hydrogen (secondary N) is 1. The molecule has 4 heteroatoms. The van der Waals surface area contributed by atoms with Gasteiger partial charge in [-0.3, -0.25) is 10.1 Å². The summed E-state index contributed by atoms with van der Waals surface area (Å²) >= 11 is 1.79. The van der Waals surface area contributed by atoms with Gasteiger partial charge in [0.1, 0.15) is 11.7 Å². The van der Waals surface area contributed by atoms with Crippen molar-refractivity contribution in [3.63, 3.8) is 0 Å². The molecule has 3 nitrogen and oxygen atoms in total. The monoisotopic (exact) mass is 276 g/mol. The second kappa shape index (κ2) is 4.84. The van der Waals surface area contributed by atoms with Crippen LogP contribution >= 0.6 is 11.8 Å². The molecule has 0 aromatic heterocycles. The maximum Gasteiger partial charge on any atom is 0.244 e. The second-order valence-corrected chi connectivity index (χ2v) is 6.46. The Bertz CT molecular complexity index is 499. The minimum absolute atomic E-state index is 0.0587. The molecule has 2 aliphatic rings. The number of benzene rings is 1. The molecule has 1 saturated heterocycles. The highest BCUT2D eigenvalue weighted by atomic mass is 32.2. The van der Waals surface area contributed by atoms with Crippen molar-refractivity contribution >= 4 is 17.7 Å². The van der Waals surface area contributed by atoms with Gasteiger partial charge in [0.15, 0.2) is 0 Å². The molecule has 1 N–H and O–H groups in total. The van der Waals surface area contributed by atoms with E-state index in [4.69, 9.17) is 0 Å². The number of carbonyl (C=O) groups is 1. The Morgan fingerprint density at radius 3 is 2.79 bits per heavy atom. The van der Waals surface area contributed by atoms with E-state index in [1.165, 1.54) is 11.1 Å². The number of amides is 1. The summed E-state index contributed by atoms with van der Waals surface area (Å²) in [4.78, 5) is 14.6. The SMILES string of the molecule is CSCCN1C(=O)C2(CC2)NC1c1ccccc1C. The third-order valence-corrected chi connectivity index (χ3v) is 4.76. The van der Waals surface area contributed by atoms with Crippen molar-refractivity contribution in [2.45, 2.75) is 31.5 Å². The van der Waals surface area contributed by atoms with Gasteiger partial charge in [-0.1, -0.05) is 24.3 Å². The van der Waals surface area contributed by atoms with Crippen LogP contribution in [-0.4, -0.2) is 34.9 Å². The third kappa shape index (κ3) is 2.17. The molecule has 1 aliphatic carbocycles. The maximum absolute atomic E-state index is 12.5. The zero-order chi connectivity index (χ0) is 13.5. The van der Waals surface area contributed by atoms with Crippen LogP contribution in [0.4, 0.5) is 0 Å².